The molecular formula is C14H26ClN3O3S. The quantitative estimate of drug-likeness (QED) is 0.766. The molecule has 1 aliphatic heterocycles. The van der Waals surface area contributed by atoms with Crippen LogP contribution >= 0.6 is 12.4 Å². The summed E-state index contributed by atoms with van der Waals surface area (Å²) in [7, 11) is -3.11. The fourth-order valence-corrected chi connectivity index (χ4v) is 5.23. The van der Waals surface area contributed by atoms with Gasteiger partial charge in [-0.25, -0.2) is 12.7 Å². The van der Waals surface area contributed by atoms with Crippen LogP contribution < -0.4 is 11.1 Å². The summed E-state index contributed by atoms with van der Waals surface area (Å²) in [6.45, 7) is 0.985. The van der Waals surface area contributed by atoms with Crippen molar-refractivity contribution in [2.45, 2.75) is 44.2 Å². The minimum atomic E-state index is -3.11. The van der Waals surface area contributed by atoms with Crippen LogP contribution in [0.25, 0.3) is 0 Å². The number of carbonyl (C=O) groups excluding carboxylic acids is 1. The Labute approximate surface area is 138 Å². The molecule has 1 saturated heterocycles. The Hall–Kier alpha value is -0.370. The van der Waals surface area contributed by atoms with Crippen LogP contribution in [0, 0.1) is 17.8 Å². The van der Waals surface area contributed by atoms with Crippen LogP contribution in [0.1, 0.15) is 32.1 Å². The second kappa shape index (κ2) is 6.63. The van der Waals surface area contributed by atoms with Gasteiger partial charge in [0.05, 0.1) is 12.2 Å². The highest BCUT2D eigenvalue weighted by Gasteiger charge is 2.49. The lowest BCUT2D eigenvalue weighted by Gasteiger charge is -2.33. The number of halogens is 1. The zero-order valence-electron chi connectivity index (χ0n) is 12.9. The molecule has 2 aliphatic carbocycles. The predicted octanol–water partition coefficient (Wildman–Crippen LogP) is 0.322. The maximum Gasteiger partial charge on any atom is 0.225 e. The number of piperidine rings is 1. The van der Waals surface area contributed by atoms with E-state index in [1.54, 1.807) is 0 Å². The Morgan fingerprint density at radius 2 is 1.73 bits per heavy atom. The zero-order valence-corrected chi connectivity index (χ0v) is 14.5. The molecule has 4 unspecified atom stereocenters. The van der Waals surface area contributed by atoms with Gasteiger partial charge < -0.3 is 11.1 Å². The van der Waals surface area contributed by atoms with Gasteiger partial charge in [-0.2, -0.15) is 0 Å². The average Bonchev–Trinajstić information content (AvgIpc) is 2.98. The van der Waals surface area contributed by atoms with Crippen molar-refractivity contribution >= 4 is 28.3 Å². The minimum absolute atomic E-state index is 0. The molecule has 6 nitrogen and oxygen atoms in total. The second-order valence-corrected chi connectivity index (χ2v) is 8.86. The first-order valence-corrected chi connectivity index (χ1v) is 9.72. The summed E-state index contributed by atoms with van der Waals surface area (Å²) < 4.78 is 24.4. The number of nitrogens with one attached hydrogen (secondary N) is 1. The van der Waals surface area contributed by atoms with Crippen LogP contribution in [0.5, 0.6) is 0 Å². The smallest absolute Gasteiger partial charge is 0.225 e. The van der Waals surface area contributed by atoms with Gasteiger partial charge in [0.25, 0.3) is 0 Å². The van der Waals surface area contributed by atoms with Crippen molar-refractivity contribution < 1.29 is 13.2 Å². The number of rotatable bonds is 3. The van der Waals surface area contributed by atoms with E-state index in [1.165, 1.54) is 17.0 Å². The van der Waals surface area contributed by atoms with Gasteiger partial charge in [-0.05, 0) is 43.9 Å². The Bertz CT molecular complexity index is 517. The molecule has 0 aromatic carbocycles. The van der Waals surface area contributed by atoms with Crippen molar-refractivity contribution in [3.8, 4) is 0 Å². The molecule has 0 aromatic heterocycles. The number of hydrogen-bond donors (Lipinski definition) is 2. The third kappa shape index (κ3) is 3.42. The van der Waals surface area contributed by atoms with Crippen molar-refractivity contribution in [2.75, 3.05) is 19.3 Å². The van der Waals surface area contributed by atoms with Crippen molar-refractivity contribution in [1.29, 1.82) is 0 Å². The third-order valence-corrected chi connectivity index (χ3v) is 6.86. The van der Waals surface area contributed by atoms with Gasteiger partial charge in [-0.3, -0.25) is 4.79 Å². The Balaban J connectivity index is 0.00000176. The van der Waals surface area contributed by atoms with Crippen molar-refractivity contribution in [1.82, 2.24) is 9.62 Å². The lowest BCUT2D eigenvalue weighted by atomic mass is 9.84. The lowest BCUT2D eigenvalue weighted by Crippen LogP contribution is -2.51. The van der Waals surface area contributed by atoms with E-state index in [-0.39, 0.29) is 36.3 Å². The van der Waals surface area contributed by atoms with Gasteiger partial charge in [0.2, 0.25) is 15.9 Å². The van der Waals surface area contributed by atoms with Crippen LogP contribution in [0.4, 0.5) is 0 Å². The maximum absolute atomic E-state index is 12.5. The van der Waals surface area contributed by atoms with E-state index in [0.717, 1.165) is 12.8 Å². The summed E-state index contributed by atoms with van der Waals surface area (Å²) in [5.74, 6) is 1.04. The monoisotopic (exact) mass is 351 g/mol. The van der Waals surface area contributed by atoms with Crippen molar-refractivity contribution in [3.63, 3.8) is 0 Å². The van der Waals surface area contributed by atoms with E-state index in [1.807, 2.05) is 0 Å². The fraction of sp³-hybridized carbons (Fsp3) is 0.929. The Kier molecular flexibility index (Phi) is 5.42. The average molecular weight is 352 g/mol. The summed E-state index contributed by atoms with van der Waals surface area (Å²) in [5.41, 5.74) is 6.20. The molecule has 4 atom stereocenters. The molecule has 22 heavy (non-hydrogen) atoms. The predicted molar refractivity (Wildman–Crippen MR) is 87.1 cm³/mol. The minimum Gasteiger partial charge on any atom is -0.353 e. The molecular weight excluding hydrogens is 326 g/mol. The standard InChI is InChI=1S/C14H25N3O3S.ClH/c1-21(19,20)17-6-4-11(5-7-17)16-14(18)12-9-2-3-10(8-9)13(12)15;/h9-13H,2-8,15H2,1H3,(H,16,18);1H. The highest BCUT2D eigenvalue weighted by molar-refractivity contribution is 7.88. The molecule has 3 rings (SSSR count). The van der Waals surface area contributed by atoms with Gasteiger partial charge in [-0.15, -0.1) is 12.4 Å². The van der Waals surface area contributed by atoms with Crippen LogP contribution in [0.3, 0.4) is 0 Å². The van der Waals surface area contributed by atoms with E-state index in [4.69, 9.17) is 5.73 Å². The molecule has 8 heteroatoms. The summed E-state index contributed by atoms with van der Waals surface area (Å²) in [6, 6.07) is 0.0988. The van der Waals surface area contributed by atoms with E-state index in [2.05, 4.69) is 5.32 Å². The number of nitrogens with zero attached hydrogens (tertiary/aromatic N) is 1. The summed E-state index contributed by atoms with van der Waals surface area (Å²) in [4.78, 5) is 12.5. The lowest BCUT2D eigenvalue weighted by molar-refractivity contribution is -0.128. The summed E-state index contributed by atoms with van der Waals surface area (Å²) >= 11 is 0. The molecule has 3 aliphatic rings. The number of hydrogen-bond acceptors (Lipinski definition) is 4. The number of fused-ring (bicyclic) bond motifs is 2. The maximum atomic E-state index is 12.5. The van der Waals surface area contributed by atoms with Crippen molar-refractivity contribution in [2.24, 2.45) is 23.5 Å². The summed E-state index contributed by atoms with van der Waals surface area (Å²) in [6.07, 6.45) is 6.01. The van der Waals surface area contributed by atoms with E-state index in [0.29, 0.717) is 37.8 Å². The fourth-order valence-electron chi connectivity index (χ4n) is 4.35. The molecule has 0 radical (unpaired) electrons. The van der Waals surface area contributed by atoms with E-state index >= 15 is 0 Å². The first kappa shape index (κ1) is 18.0. The van der Waals surface area contributed by atoms with Gasteiger partial charge in [0.1, 0.15) is 0 Å². The SMILES string of the molecule is CS(=O)(=O)N1CCC(NC(=O)C2C3CCC(C3)C2N)CC1.Cl. The normalized spacial score (nSPS) is 36.1. The molecule has 1 amide bonds. The first-order valence-electron chi connectivity index (χ1n) is 7.87. The van der Waals surface area contributed by atoms with Gasteiger partial charge in [-0.1, -0.05) is 0 Å². The largest absolute Gasteiger partial charge is 0.353 e. The van der Waals surface area contributed by atoms with Gasteiger partial charge in [0, 0.05) is 25.2 Å². The number of nitrogens with two attached hydrogens (primary N) is 1. The van der Waals surface area contributed by atoms with Crippen LogP contribution in [0.15, 0.2) is 0 Å². The van der Waals surface area contributed by atoms with Crippen LogP contribution in [-0.4, -0.2) is 50.1 Å². The molecule has 3 N–H and O–H groups in total. The van der Waals surface area contributed by atoms with Gasteiger partial charge >= 0.3 is 0 Å². The molecule has 1 heterocycles. The first-order chi connectivity index (χ1) is 9.86. The third-order valence-electron chi connectivity index (χ3n) is 5.55. The summed E-state index contributed by atoms with van der Waals surface area (Å²) in [5, 5.41) is 3.11. The highest BCUT2D eigenvalue weighted by atomic mass is 35.5. The molecule has 0 spiro atoms. The molecule has 2 saturated carbocycles. The number of carbonyl (C=O) groups is 1. The number of sulfonamides is 1. The second-order valence-electron chi connectivity index (χ2n) is 6.88. The molecule has 128 valence electrons. The zero-order chi connectivity index (χ0) is 15.2. The highest BCUT2D eigenvalue weighted by Crippen LogP contribution is 2.47. The van der Waals surface area contributed by atoms with E-state index in [9.17, 15) is 13.2 Å². The molecule has 2 bridgehead atoms. The van der Waals surface area contributed by atoms with Crippen LogP contribution in [0.2, 0.25) is 0 Å². The van der Waals surface area contributed by atoms with Crippen LogP contribution in [-0.2, 0) is 14.8 Å². The van der Waals surface area contributed by atoms with Gasteiger partial charge in [0.15, 0.2) is 0 Å². The van der Waals surface area contributed by atoms with Crippen molar-refractivity contribution in [3.05, 3.63) is 0 Å². The molecule has 3 fully saturated rings. The number of amides is 1. The Morgan fingerprint density at radius 3 is 2.23 bits per heavy atom. The van der Waals surface area contributed by atoms with E-state index < -0.39 is 10.0 Å². The molecule has 0 aromatic rings. The Morgan fingerprint density at radius 1 is 1.14 bits per heavy atom. The topological polar surface area (TPSA) is 92.5 Å².